The Morgan fingerprint density at radius 1 is 1.24 bits per heavy atom. The molecular formula is C14H17NS2. The summed E-state index contributed by atoms with van der Waals surface area (Å²) in [6, 6.07) is 13.6. The van der Waals surface area contributed by atoms with Gasteiger partial charge in [-0.15, -0.1) is 11.3 Å². The monoisotopic (exact) mass is 263 g/mol. The molecule has 2 rings (SSSR count). The Hall–Kier alpha value is -0.770. The van der Waals surface area contributed by atoms with E-state index in [9.17, 15) is 0 Å². The lowest BCUT2D eigenvalue weighted by Crippen LogP contribution is -2.14. The summed E-state index contributed by atoms with van der Waals surface area (Å²) < 4.78 is 1.35. The van der Waals surface area contributed by atoms with Crippen molar-refractivity contribution in [2.24, 2.45) is 0 Å². The number of benzene rings is 1. The lowest BCUT2D eigenvalue weighted by Gasteiger charge is -2.14. The van der Waals surface area contributed by atoms with Gasteiger partial charge < -0.3 is 5.32 Å². The van der Waals surface area contributed by atoms with E-state index in [1.54, 1.807) is 11.3 Å². The predicted molar refractivity (Wildman–Crippen MR) is 77.0 cm³/mol. The largest absolute Gasteiger partial charge is 0.313 e. The van der Waals surface area contributed by atoms with Gasteiger partial charge in [-0.05, 0) is 42.6 Å². The minimum atomic E-state index is 0.468. The first-order chi connectivity index (χ1) is 8.33. The summed E-state index contributed by atoms with van der Waals surface area (Å²) in [6.45, 7) is 2.20. The molecule has 0 aliphatic carbocycles. The summed E-state index contributed by atoms with van der Waals surface area (Å²) in [4.78, 5) is 1.31. The van der Waals surface area contributed by atoms with Gasteiger partial charge in [0, 0.05) is 10.9 Å². The standard InChI is InChI=1S/C14H17NS2/c1-3-13(15-2)11-6-8-12(9-7-11)17-14-5-4-10-16-14/h4-10,13,15H,3H2,1-2H3. The maximum absolute atomic E-state index is 3.33. The molecule has 90 valence electrons. The molecule has 0 spiro atoms. The Labute approximate surface area is 111 Å². The second-order valence-corrected chi connectivity index (χ2v) is 6.17. The van der Waals surface area contributed by atoms with Gasteiger partial charge in [-0.25, -0.2) is 0 Å². The Bertz CT molecular complexity index is 430. The molecular weight excluding hydrogens is 246 g/mol. The summed E-state index contributed by atoms with van der Waals surface area (Å²) in [5, 5.41) is 5.44. The van der Waals surface area contributed by atoms with Crippen molar-refractivity contribution in [1.29, 1.82) is 0 Å². The van der Waals surface area contributed by atoms with Crippen LogP contribution >= 0.6 is 23.1 Å². The molecule has 0 bridgehead atoms. The molecule has 17 heavy (non-hydrogen) atoms. The fraction of sp³-hybridized carbons (Fsp3) is 0.286. The molecule has 0 radical (unpaired) electrons. The molecule has 1 atom stereocenters. The van der Waals surface area contributed by atoms with Gasteiger partial charge in [-0.1, -0.05) is 36.9 Å². The molecule has 1 unspecified atom stereocenters. The van der Waals surface area contributed by atoms with Crippen LogP contribution in [0, 0.1) is 0 Å². The SMILES string of the molecule is CCC(NC)c1ccc(Sc2cccs2)cc1. The zero-order chi connectivity index (χ0) is 12.1. The molecule has 0 aliphatic heterocycles. The summed E-state index contributed by atoms with van der Waals surface area (Å²) in [6.07, 6.45) is 1.12. The number of hydrogen-bond donors (Lipinski definition) is 1. The van der Waals surface area contributed by atoms with Crippen molar-refractivity contribution in [1.82, 2.24) is 5.32 Å². The maximum atomic E-state index is 3.33. The van der Waals surface area contributed by atoms with Crippen LogP contribution in [0.25, 0.3) is 0 Å². The average molecular weight is 263 g/mol. The van der Waals surface area contributed by atoms with E-state index in [4.69, 9.17) is 0 Å². The Morgan fingerprint density at radius 3 is 2.53 bits per heavy atom. The van der Waals surface area contributed by atoms with Crippen molar-refractivity contribution in [3.63, 3.8) is 0 Å². The molecule has 0 fully saturated rings. The lowest BCUT2D eigenvalue weighted by atomic mass is 10.1. The van der Waals surface area contributed by atoms with Crippen molar-refractivity contribution < 1.29 is 0 Å². The molecule has 2 aromatic rings. The molecule has 0 amide bonds. The smallest absolute Gasteiger partial charge is 0.0646 e. The number of hydrogen-bond acceptors (Lipinski definition) is 3. The summed E-state index contributed by atoms with van der Waals surface area (Å²) in [5.41, 5.74) is 1.37. The highest BCUT2D eigenvalue weighted by Gasteiger charge is 2.06. The number of rotatable bonds is 5. The molecule has 0 saturated carbocycles. The average Bonchev–Trinajstić information content (AvgIpc) is 2.86. The van der Waals surface area contributed by atoms with Crippen LogP contribution in [0.5, 0.6) is 0 Å². The lowest BCUT2D eigenvalue weighted by molar-refractivity contribution is 0.576. The second-order valence-electron chi connectivity index (χ2n) is 3.85. The number of nitrogens with one attached hydrogen (secondary N) is 1. The quantitative estimate of drug-likeness (QED) is 0.848. The van der Waals surface area contributed by atoms with Gasteiger partial charge in [0.1, 0.15) is 0 Å². The third kappa shape index (κ3) is 3.35. The summed E-state index contributed by atoms with van der Waals surface area (Å²) in [7, 11) is 2.02. The highest BCUT2D eigenvalue weighted by molar-refractivity contribution is 8.01. The van der Waals surface area contributed by atoms with Gasteiger partial charge in [0.25, 0.3) is 0 Å². The Morgan fingerprint density at radius 2 is 2.00 bits per heavy atom. The van der Waals surface area contributed by atoms with Crippen LogP contribution in [-0.2, 0) is 0 Å². The van der Waals surface area contributed by atoms with Crippen LogP contribution < -0.4 is 5.32 Å². The van der Waals surface area contributed by atoms with Crippen LogP contribution in [0.4, 0.5) is 0 Å². The first kappa shape index (κ1) is 12.7. The van der Waals surface area contributed by atoms with E-state index in [0.717, 1.165) is 6.42 Å². The van der Waals surface area contributed by atoms with Gasteiger partial charge in [0.15, 0.2) is 0 Å². The highest BCUT2D eigenvalue weighted by Crippen LogP contribution is 2.31. The topological polar surface area (TPSA) is 12.0 Å². The van der Waals surface area contributed by atoms with E-state index in [1.165, 1.54) is 14.7 Å². The molecule has 1 nitrogen and oxygen atoms in total. The van der Waals surface area contributed by atoms with Crippen molar-refractivity contribution in [2.75, 3.05) is 7.05 Å². The van der Waals surface area contributed by atoms with Crippen LogP contribution in [0.2, 0.25) is 0 Å². The molecule has 1 heterocycles. The molecule has 3 heteroatoms. The number of thiophene rings is 1. The van der Waals surface area contributed by atoms with E-state index in [2.05, 4.69) is 54.0 Å². The van der Waals surface area contributed by atoms with Crippen molar-refractivity contribution in [2.45, 2.75) is 28.5 Å². The first-order valence-electron chi connectivity index (χ1n) is 5.82. The predicted octanol–water partition coefficient (Wildman–Crippen LogP) is 4.57. The third-order valence-electron chi connectivity index (χ3n) is 2.75. The van der Waals surface area contributed by atoms with E-state index in [0.29, 0.717) is 6.04 Å². The van der Waals surface area contributed by atoms with Gasteiger partial charge in [0.2, 0.25) is 0 Å². The molecule has 0 aliphatic rings. The molecule has 0 saturated heterocycles. The van der Waals surface area contributed by atoms with Crippen LogP contribution in [0.1, 0.15) is 24.9 Å². The normalized spacial score (nSPS) is 12.6. The highest BCUT2D eigenvalue weighted by atomic mass is 32.2. The second kappa shape index (κ2) is 6.24. The molecule has 1 N–H and O–H groups in total. The zero-order valence-corrected chi connectivity index (χ0v) is 11.8. The molecule has 1 aromatic heterocycles. The van der Waals surface area contributed by atoms with E-state index < -0.39 is 0 Å². The zero-order valence-electron chi connectivity index (χ0n) is 10.1. The summed E-state index contributed by atoms with van der Waals surface area (Å²) in [5.74, 6) is 0. The minimum Gasteiger partial charge on any atom is -0.313 e. The van der Waals surface area contributed by atoms with Crippen LogP contribution in [0.15, 0.2) is 50.9 Å². The van der Waals surface area contributed by atoms with Crippen molar-refractivity contribution in [3.05, 3.63) is 47.3 Å². The third-order valence-corrected chi connectivity index (χ3v) is 4.80. The summed E-state index contributed by atoms with van der Waals surface area (Å²) >= 11 is 3.62. The fourth-order valence-electron chi connectivity index (χ4n) is 1.81. The maximum Gasteiger partial charge on any atom is 0.0646 e. The minimum absolute atomic E-state index is 0.468. The van der Waals surface area contributed by atoms with E-state index in [-0.39, 0.29) is 0 Å². The van der Waals surface area contributed by atoms with Crippen LogP contribution in [0.3, 0.4) is 0 Å². The first-order valence-corrected chi connectivity index (χ1v) is 7.51. The van der Waals surface area contributed by atoms with Crippen molar-refractivity contribution >= 4 is 23.1 Å². The molecule has 1 aromatic carbocycles. The fourth-order valence-corrected chi connectivity index (χ4v) is 3.56. The van der Waals surface area contributed by atoms with Gasteiger partial charge >= 0.3 is 0 Å². The van der Waals surface area contributed by atoms with Gasteiger partial charge in [0.05, 0.1) is 4.21 Å². The Balaban J connectivity index is 2.07. The van der Waals surface area contributed by atoms with Crippen molar-refractivity contribution in [3.8, 4) is 0 Å². The van der Waals surface area contributed by atoms with E-state index in [1.807, 2.05) is 18.8 Å². The van der Waals surface area contributed by atoms with Crippen LogP contribution in [-0.4, -0.2) is 7.05 Å². The Kier molecular flexibility index (Phi) is 4.66. The van der Waals surface area contributed by atoms with E-state index >= 15 is 0 Å². The van der Waals surface area contributed by atoms with Gasteiger partial charge in [-0.3, -0.25) is 0 Å². The van der Waals surface area contributed by atoms with Gasteiger partial charge in [-0.2, -0.15) is 0 Å².